The van der Waals surface area contributed by atoms with E-state index in [1.807, 2.05) is 55.7 Å². The first-order valence-electron chi connectivity index (χ1n) is 24.3. The molecule has 75 heavy (non-hydrogen) atoms. The van der Waals surface area contributed by atoms with E-state index in [1.54, 1.807) is 53.8 Å². The van der Waals surface area contributed by atoms with Gasteiger partial charge in [0.05, 0.1) is 18.9 Å². The van der Waals surface area contributed by atoms with E-state index in [0.29, 0.717) is 11.3 Å². The van der Waals surface area contributed by atoms with Crippen molar-refractivity contribution in [1.29, 1.82) is 0 Å². The summed E-state index contributed by atoms with van der Waals surface area (Å²) in [6, 6.07) is 6.81. The number of alkyl carbamates (subject to hydrolysis) is 1. The highest BCUT2D eigenvalue weighted by atomic mass is 19.1. The van der Waals surface area contributed by atoms with Crippen LogP contribution in [0, 0.1) is 17.0 Å². The molecular weight excluding hydrogens is 983 g/mol. The second-order valence-corrected chi connectivity index (χ2v) is 21.0. The first-order chi connectivity index (χ1) is 34.8. The summed E-state index contributed by atoms with van der Waals surface area (Å²) in [6.45, 7) is 15.2. The summed E-state index contributed by atoms with van der Waals surface area (Å²) in [6.07, 6.45) is -1.86. The molecule has 1 aromatic heterocycles. The highest BCUT2D eigenvalue weighted by Crippen LogP contribution is 2.41. The van der Waals surface area contributed by atoms with Crippen LogP contribution in [0.1, 0.15) is 119 Å². The molecule has 0 spiro atoms. The molecule has 0 unspecified atom stereocenters. The zero-order chi connectivity index (χ0) is 56.6. The molecule has 9 N–H and O–H groups in total. The summed E-state index contributed by atoms with van der Waals surface area (Å²) in [5.74, 6) is -9.40. The van der Waals surface area contributed by atoms with Gasteiger partial charge in [0.25, 0.3) is 0 Å². The fourth-order valence-corrected chi connectivity index (χ4v) is 7.79. The Bertz CT molecular complexity index is 2520. The lowest BCUT2D eigenvalue weighted by Crippen LogP contribution is -2.58. The van der Waals surface area contributed by atoms with E-state index in [-0.39, 0.29) is 31.6 Å². The maximum Gasteiger partial charge on any atom is 0.408 e. The van der Waals surface area contributed by atoms with Crippen LogP contribution in [0.5, 0.6) is 0 Å². The van der Waals surface area contributed by atoms with Gasteiger partial charge in [-0.2, -0.15) is 0 Å². The fraction of sp³-hybridized carbons (Fsp3) is 0.519. The van der Waals surface area contributed by atoms with Crippen LogP contribution in [0.4, 0.5) is 13.6 Å². The Balaban J connectivity index is 1.87. The highest BCUT2D eigenvalue weighted by molar-refractivity contribution is 5.97. The summed E-state index contributed by atoms with van der Waals surface area (Å²) in [5, 5.41) is 31.4. The second kappa shape index (κ2) is 27.2. The van der Waals surface area contributed by atoms with E-state index >= 15 is 4.39 Å². The number of nitrogens with one attached hydrogen (secondary N) is 5. The lowest BCUT2D eigenvalue weighted by molar-refractivity contribution is -0.156. The third-order valence-corrected chi connectivity index (χ3v) is 11.0. The van der Waals surface area contributed by atoms with Crippen molar-refractivity contribution in [2.24, 2.45) is 11.1 Å². The molecule has 23 heteroatoms. The van der Waals surface area contributed by atoms with Crippen LogP contribution in [0.2, 0.25) is 0 Å². The van der Waals surface area contributed by atoms with Crippen LogP contribution >= 0.6 is 0 Å². The summed E-state index contributed by atoms with van der Waals surface area (Å²) < 4.78 is 42.1. The Hall–Kier alpha value is -7.43. The molecule has 0 aliphatic heterocycles. The normalized spacial score (nSPS) is 13.7. The number of carboxylic acids is 1. The van der Waals surface area contributed by atoms with Gasteiger partial charge in [0.15, 0.2) is 0 Å². The SMILES string of the molecule is C[C@H](NC(=O)[C@H](CCC(=O)O)NC(=O)OC(C)(C)C)C(=O)N[C@@H](CC(=O)OC(C)(C)C)C(=O)N[C@@H](CC(N)=O)C(=O)NCCCN(C(=O)CO)[C@@H](c1cc(-c2cc(F)ccc2F)cn1Cc1ccccc1)C(C)(C)C. The molecule has 0 aliphatic carbocycles. The van der Waals surface area contributed by atoms with Crippen molar-refractivity contribution < 1.29 is 71.6 Å². The highest BCUT2D eigenvalue weighted by Gasteiger charge is 2.38. The van der Waals surface area contributed by atoms with Gasteiger partial charge in [0, 0.05) is 49.1 Å². The maximum atomic E-state index is 15.2. The molecule has 2 aromatic carbocycles. The number of carbonyl (C=O) groups excluding carboxylic acids is 8. The smallest absolute Gasteiger partial charge is 0.408 e. The summed E-state index contributed by atoms with van der Waals surface area (Å²) in [7, 11) is 0. The van der Waals surface area contributed by atoms with E-state index in [1.165, 1.54) is 11.8 Å². The van der Waals surface area contributed by atoms with Crippen molar-refractivity contribution in [2.45, 2.75) is 149 Å². The first kappa shape index (κ1) is 61.9. The lowest BCUT2D eigenvalue weighted by atomic mass is 9.83. The predicted octanol–water partition coefficient (Wildman–Crippen LogP) is 3.74. The van der Waals surface area contributed by atoms with E-state index in [4.69, 9.17) is 15.2 Å². The van der Waals surface area contributed by atoms with Gasteiger partial charge in [0.1, 0.15) is 53.6 Å². The number of benzene rings is 2. The minimum Gasteiger partial charge on any atom is -0.481 e. The largest absolute Gasteiger partial charge is 0.481 e. The Morgan fingerprint density at radius 3 is 1.92 bits per heavy atom. The van der Waals surface area contributed by atoms with Crippen LogP contribution < -0.4 is 32.3 Å². The van der Waals surface area contributed by atoms with Crippen LogP contribution in [0.3, 0.4) is 0 Å². The topological polar surface area (TPSA) is 307 Å². The molecule has 0 saturated carbocycles. The van der Waals surface area contributed by atoms with Crippen molar-refractivity contribution in [1.82, 2.24) is 36.1 Å². The van der Waals surface area contributed by atoms with Gasteiger partial charge < -0.3 is 61.5 Å². The number of halogens is 2. The number of nitrogens with two attached hydrogens (primary N) is 1. The Labute approximate surface area is 435 Å². The Morgan fingerprint density at radius 2 is 1.35 bits per heavy atom. The van der Waals surface area contributed by atoms with E-state index in [9.17, 15) is 57.8 Å². The fourth-order valence-electron chi connectivity index (χ4n) is 7.79. The summed E-state index contributed by atoms with van der Waals surface area (Å²) in [4.78, 5) is 119. The molecule has 3 rings (SSSR count). The van der Waals surface area contributed by atoms with Crippen LogP contribution in [-0.2, 0) is 54.4 Å². The molecular formula is C52H72F2N8O13. The third-order valence-electron chi connectivity index (χ3n) is 11.0. The van der Waals surface area contributed by atoms with Gasteiger partial charge in [-0.05, 0) is 96.6 Å². The Kier molecular flexibility index (Phi) is 22.4. The third kappa shape index (κ3) is 20.8. The summed E-state index contributed by atoms with van der Waals surface area (Å²) in [5.41, 5.74) is 4.41. The number of aromatic nitrogens is 1. The van der Waals surface area contributed by atoms with Gasteiger partial charge in [-0.25, -0.2) is 13.6 Å². The van der Waals surface area contributed by atoms with Crippen LogP contribution in [0.15, 0.2) is 60.8 Å². The number of carbonyl (C=O) groups is 9. The zero-order valence-electron chi connectivity index (χ0n) is 44.1. The molecule has 1 heterocycles. The van der Waals surface area contributed by atoms with Gasteiger partial charge >= 0.3 is 18.0 Å². The van der Waals surface area contributed by atoms with Gasteiger partial charge in [-0.1, -0.05) is 51.1 Å². The van der Waals surface area contributed by atoms with Gasteiger partial charge in [-0.3, -0.25) is 38.4 Å². The molecule has 412 valence electrons. The number of aliphatic hydroxyl groups is 1. The number of esters is 1. The lowest BCUT2D eigenvalue weighted by Gasteiger charge is -2.41. The van der Waals surface area contributed by atoms with E-state index in [2.05, 4.69) is 26.6 Å². The monoisotopic (exact) mass is 1050 g/mol. The number of primary amides is 1. The number of aliphatic carboxylic acids is 1. The van der Waals surface area contributed by atoms with Crippen molar-refractivity contribution in [3.8, 4) is 11.1 Å². The first-order valence-corrected chi connectivity index (χ1v) is 24.3. The number of carboxylic acid groups (broad SMARTS) is 1. The average Bonchev–Trinajstić information content (AvgIpc) is 3.68. The number of aliphatic hydroxyl groups excluding tert-OH is 1. The molecule has 3 aromatic rings. The molecule has 0 aliphatic rings. The molecule has 0 radical (unpaired) electrons. The van der Waals surface area contributed by atoms with Gasteiger partial charge in [-0.15, -0.1) is 0 Å². The predicted molar refractivity (Wildman–Crippen MR) is 270 cm³/mol. The molecule has 0 fully saturated rings. The number of ether oxygens (including phenoxy) is 2. The van der Waals surface area contributed by atoms with Crippen molar-refractivity contribution >= 4 is 53.5 Å². The zero-order valence-corrected chi connectivity index (χ0v) is 44.1. The average molecular weight is 1060 g/mol. The minimum absolute atomic E-state index is 0.0105. The van der Waals surface area contributed by atoms with E-state index in [0.717, 1.165) is 23.8 Å². The number of rotatable bonds is 25. The molecule has 21 nitrogen and oxygen atoms in total. The molecule has 0 bridgehead atoms. The van der Waals surface area contributed by atoms with Crippen LogP contribution in [-0.4, -0.2) is 128 Å². The van der Waals surface area contributed by atoms with Crippen molar-refractivity contribution in [2.75, 3.05) is 19.7 Å². The number of hydrogen-bond donors (Lipinski definition) is 8. The molecule has 5 atom stereocenters. The van der Waals surface area contributed by atoms with Crippen molar-refractivity contribution in [3.63, 3.8) is 0 Å². The maximum absolute atomic E-state index is 15.2. The standard InChI is InChI=1S/C52H72F2N8O13/c1-30(57-47(71)36(19-20-42(66)67)60-49(73)75-52(8,9)10)45(69)58-38(26-43(68)74-51(5,6)7)48(72)59-37(25-40(55)64)46(70)56-21-14-22-62(41(65)29-63)44(50(2,3)4)39-23-32(34-24-33(53)17-18-35(34)54)28-61(39)27-31-15-12-11-13-16-31/h11-13,15-18,23-24,28,30,36-38,44,63H,14,19-22,25-27,29H2,1-10H3,(H2,55,64)(H,56,70)(H,57,71)(H,58,69)(H,59,72)(H,60,73)(H,66,67)/t30-,36-,37-,38-,44-/m0/s1. The molecule has 7 amide bonds. The van der Waals surface area contributed by atoms with E-state index < -0.39 is 144 Å². The minimum atomic E-state index is -1.79. The summed E-state index contributed by atoms with van der Waals surface area (Å²) >= 11 is 0. The quantitative estimate of drug-likeness (QED) is 0.0444. The Morgan fingerprint density at radius 1 is 0.747 bits per heavy atom. The van der Waals surface area contributed by atoms with Gasteiger partial charge in [0.2, 0.25) is 35.4 Å². The molecule has 0 saturated heterocycles. The number of hydrogen-bond acceptors (Lipinski definition) is 12. The number of nitrogens with zero attached hydrogens (tertiary/aromatic N) is 2. The van der Waals surface area contributed by atoms with Crippen molar-refractivity contribution in [3.05, 3.63) is 83.7 Å². The number of amides is 7. The van der Waals surface area contributed by atoms with Crippen LogP contribution in [0.25, 0.3) is 11.1 Å². The second-order valence-electron chi connectivity index (χ2n) is 21.0.